The first-order valence-corrected chi connectivity index (χ1v) is 7.62. The van der Waals surface area contributed by atoms with E-state index in [0.29, 0.717) is 13.1 Å². The first kappa shape index (κ1) is 14.0. The summed E-state index contributed by atoms with van der Waals surface area (Å²) in [5.74, 6) is 0.738. The van der Waals surface area contributed by atoms with Crippen LogP contribution in [0.25, 0.3) is 0 Å². The van der Waals surface area contributed by atoms with Crippen molar-refractivity contribution in [2.75, 3.05) is 13.1 Å². The predicted octanol–water partition coefficient (Wildman–Crippen LogP) is 2.31. The monoisotopic (exact) mass is 269 g/mol. The number of thiophene rings is 1. The van der Waals surface area contributed by atoms with E-state index in [0.717, 1.165) is 36.5 Å². The minimum Gasteiger partial charge on any atom is -0.389 e. The van der Waals surface area contributed by atoms with Crippen LogP contribution in [0.1, 0.15) is 43.6 Å². The molecule has 0 saturated heterocycles. The molecule has 1 aromatic rings. The quantitative estimate of drug-likeness (QED) is 0.769. The van der Waals surface area contributed by atoms with Crippen molar-refractivity contribution in [3.05, 3.63) is 22.4 Å². The standard InChI is InChI=1S/C14H23NO2S/c1-11-4-6-14(17,7-5-11)10-15-9-12(16)13-3-2-8-18-13/h2-3,8,11-12,15-17H,4-7,9-10H2,1H3. The molecule has 1 aliphatic rings. The second kappa shape index (κ2) is 6.15. The summed E-state index contributed by atoms with van der Waals surface area (Å²) in [5.41, 5.74) is -0.568. The first-order chi connectivity index (χ1) is 8.59. The van der Waals surface area contributed by atoms with Crippen molar-refractivity contribution in [1.82, 2.24) is 5.32 Å². The van der Waals surface area contributed by atoms with E-state index in [2.05, 4.69) is 12.2 Å². The number of rotatable bonds is 5. The van der Waals surface area contributed by atoms with Gasteiger partial charge in [0.1, 0.15) is 6.10 Å². The van der Waals surface area contributed by atoms with E-state index in [4.69, 9.17) is 0 Å². The molecule has 0 amide bonds. The molecule has 0 spiro atoms. The summed E-state index contributed by atoms with van der Waals surface area (Å²) in [6.07, 6.45) is 3.49. The summed E-state index contributed by atoms with van der Waals surface area (Å²) in [5, 5.41) is 25.5. The number of nitrogens with one attached hydrogen (secondary N) is 1. The third-order valence-corrected chi connectivity index (χ3v) is 4.84. The lowest BCUT2D eigenvalue weighted by molar-refractivity contribution is -0.00797. The van der Waals surface area contributed by atoms with E-state index < -0.39 is 11.7 Å². The van der Waals surface area contributed by atoms with E-state index >= 15 is 0 Å². The zero-order chi connectivity index (χ0) is 13.0. The van der Waals surface area contributed by atoms with Crippen LogP contribution in [0, 0.1) is 5.92 Å². The van der Waals surface area contributed by atoms with Gasteiger partial charge in [-0.15, -0.1) is 11.3 Å². The fraction of sp³-hybridized carbons (Fsp3) is 0.714. The first-order valence-electron chi connectivity index (χ1n) is 6.74. The van der Waals surface area contributed by atoms with Crippen LogP contribution in [0.2, 0.25) is 0 Å². The van der Waals surface area contributed by atoms with E-state index in [1.807, 2.05) is 17.5 Å². The minimum absolute atomic E-state index is 0.462. The van der Waals surface area contributed by atoms with Gasteiger partial charge in [-0.05, 0) is 43.0 Å². The Morgan fingerprint density at radius 1 is 1.50 bits per heavy atom. The Morgan fingerprint density at radius 2 is 2.22 bits per heavy atom. The van der Waals surface area contributed by atoms with E-state index in [9.17, 15) is 10.2 Å². The van der Waals surface area contributed by atoms with Gasteiger partial charge in [0.2, 0.25) is 0 Å². The maximum absolute atomic E-state index is 10.4. The maximum atomic E-state index is 10.4. The molecule has 1 atom stereocenters. The zero-order valence-corrected chi connectivity index (χ0v) is 11.7. The van der Waals surface area contributed by atoms with Crippen LogP contribution >= 0.6 is 11.3 Å². The molecule has 18 heavy (non-hydrogen) atoms. The molecule has 0 aromatic carbocycles. The van der Waals surface area contributed by atoms with Crippen molar-refractivity contribution >= 4 is 11.3 Å². The van der Waals surface area contributed by atoms with E-state index in [1.165, 1.54) is 0 Å². The third kappa shape index (κ3) is 3.79. The number of hydrogen-bond acceptors (Lipinski definition) is 4. The van der Waals surface area contributed by atoms with Gasteiger partial charge >= 0.3 is 0 Å². The van der Waals surface area contributed by atoms with Crippen LogP contribution in [0.5, 0.6) is 0 Å². The molecule has 4 heteroatoms. The summed E-state index contributed by atoms with van der Waals surface area (Å²) in [6.45, 7) is 3.34. The van der Waals surface area contributed by atoms with Crippen molar-refractivity contribution in [3.63, 3.8) is 0 Å². The molecule has 3 nitrogen and oxygen atoms in total. The lowest BCUT2D eigenvalue weighted by Crippen LogP contribution is -2.44. The van der Waals surface area contributed by atoms with E-state index in [-0.39, 0.29) is 0 Å². The zero-order valence-electron chi connectivity index (χ0n) is 10.9. The second-order valence-corrected chi connectivity index (χ2v) is 6.55. The van der Waals surface area contributed by atoms with Crippen LogP contribution in [-0.4, -0.2) is 28.9 Å². The van der Waals surface area contributed by atoms with Gasteiger partial charge in [-0.25, -0.2) is 0 Å². The third-order valence-electron chi connectivity index (χ3n) is 3.87. The lowest BCUT2D eigenvalue weighted by Gasteiger charge is -2.35. The Hall–Kier alpha value is -0.420. The van der Waals surface area contributed by atoms with Crippen molar-refractivity contribution < 1.29 is 10.2 Å². The van der Waals surface area contributed by atoms with E-state index in [1.54, 1.807) is 11.3 Å². The molecule has 1 aromatic heterocycles. The molecule has 0 bridgehead atoms. The normalized spacial score (nSPS) is 30.3. The number of aliphatic hydroxyl groups is 2. The molecule has 1 unspecified atom stereocenters. The lowest BCUT2D eigenvalue weighted by atomic mass is 9.79. The van der Waals surface area contributed by atoms with Crippen molar-refractivity contribution in [2.24, 2.45) is 5.92 Å². The molecule has 1 heterocycles. The van der Waals surface area contributed by atoms with Crippen LogP contribution in [0.3, 0.4) is 0 Å². The van der Waals surface area contributed by atoms with Crippen molar-refractivity contribution in [1.29, 1.82) is 0 Å². The predicted molar refractivity (Wildman–Crippen MR) is 74.7 cm³/mol. The van der Waals surface area contributed by atoms with Gasteiger partial charge in [0.05, 0.1) is 5.60 Å². The Kier molecular flexibility index (Phi) is 4.78. The average Bonchev–Trinajstić information content (AvgIpc) is 2.87. The molecule has 0 aliphatic heterocycles. The van der Waals surface area contributed by atoms with Crippen LogP contribution in [0.15, 0.2) is 17.5 Å². The summed E-state index contributed by atoms with van der Waals surface area (Å²) >= 11 is 1.56. The Balaban J connectivity index is 1.72. The van der Waals surface area contributed by atoms with Crippen LogP contribution in [0.4, 0.5) is 0 Å². The second-order valence-electron chi connectivity index (χ2n) is 5.57. The highest BCUT2D eigenvalue weighted by atomic mass is 32.1. The molecular weight excluding hydrogens is 246 g/mol. The highest BCUT2D eigenvalue weighted by molar-refractivity contribution is 7.10. The average molecular weight is 269 g/mol. The largest absolute Gasteiger partial charge is 0.389 e. The fourth-order valence-electron chi connectivity index (χ4n) is 2.50. The molecule has 1 aliphatic carbocycles. The summed E-state index contributed by atoms with van der Waals surface area (Å²) < 4.78 is 0. The van der Waals surface area contributed by atoms with Gasteiger partial charge in [-0.2, -0.15) is 0 Å². The van der Waals surface area contributed by atoms with Gasteiger partial charge in [0.15, 0.2) is 0 Å². The summed E-state index contributed by atoms with van der Waals surface area (Å²) in [7, 11) is 0. The molecule has 1 fully saturated rings. The van der Waals surface area contributed by atoms with Gasteiger partial charge in [0.25, 0.3) is 0 Å². The molecule has 3 N–H and O–H groups in total. The Bertz CT molecular complexity index is 345. The maximum Gasteiger partial charge on any atom is 0.101 e. The Morgan fingerprint density at radius 3 is 2.83 bits per heavy atom. The summed E-state index contributed by atoms with van der Waals surface area (Å²) in [6, 6.07) is 3.88. The SMILES string of the molecule is CC1CCC(O)(CNCC(O)c2cccs2)CC1. The Labute approximate surface area is 113 Å². The highest BCUT2D eigenvalue weighted by Gasteiger charge is 2.31. The van der Waals surface area contributed by atoms with Gasteiger partial charge < -0.3 is 15.5 Å². The molecule has 102 valence electrons. The molecule has 1 saturated carbocycles. The van der Waals surface area contributed by atoms with Crippen LogP contribution in [-0.2, 0) is 0 Å². The summed E-state index contributed by atoms with van der Waals surface area (Å²) in [4.78, 5) is 0.978. The van der Waals surface area contributed by atoms with Crippen molar-refractivity contribution in [3.8, 4) is 0 Å². The van der Waals surface area contributed by atoms with Crippen LogP contribution < -0.4 is 5.32 Å². The topological polar surface area (TPSA) is 52.5 Å². The van der Waals surface area contributed by atoms with Gasteiger partial charge in [-0.1, -0.05) is 13.0 Å². The molecular formula is C14H23NO2S. The van der Waals surface area contributed by atoms with Crippen molar-refractivity contribution in [2.45, 2.75) is 44.3 Å². The highest BCUT2D eigenvalue weighted by Crippen LogP contribution is 2.31. The number of hydrogen-bond donors (Lipinski definition) is 3. The molecule has 2 rings (SSSR count). The molecule has 0 radical (unpaired) electrons. The minimum atomic E-state index is -0.568. The smallest absolute Gasteiger partial charge is 0.101 e. The number of aliphatic hydroxyl groups excluding tert-OH is 1. The fourth-order valence-corrected chi connectivity index (χ4v) is 3.21. The van der Waals surface area contributed by atoms with Gasteiger partial charge in [0, 0.05) is 18.0 Å². The van der Waals surface area contributed by atoms with Gasteiger partial charge in [-0.3, -0.25) is 0 Å².